The maximum atomic E-state index is 12.9. The minimum Gasteiger partial charge on any atom is -0.394 e. The van der Waals surface area contributed by atoms with Gasteiger partial charge >= 0.3 is 0 Å². The summed E-state index contributed by atoms with van der Waals surface area (Å²) in [4.78, 5) is 27.4. The lowest BCUT2D eigenvalue weighted by atomic mass is 9.78. The van der Waals surface area contributed by atoms with Crippen LogP contribution in [0, 0.1) is 5.92 Å². The number of nitrogens with one attached hydrogen (secondary N) is 1. The van der Waals surface area contributed by atoms with Crippen LogP contribution in [0.15, 0.2) is 53.1 Å². The Kier molecular flexibility index (Phi) is 6.13. The number of aliphatic hydroxyl groups excluding tert-OH is 1. The number of likely N-dealkylation sites (tertiary alicyclic amines) is 1. The summed E-state index contributed by atoms with van der Waals surface area (Å²) in [6.07, 6.45) is 5.62. The Balaban J connectivity index is 1.17. The number of hydrogen-bond donors (Lipinski definition) is 2. The fraction of sp³-hybridized carbons (Fsp3) is 0.423. The van der Waals surface area contributed by atoms with Gasteiger partial charge in [-0.3, -0.25) is 9.59 Å². The topological polar surface area (TPSA) is 95.7 Å². The number of aromatic nitrogens is 1. The molecular weight excluding hydrogens is 418 g/mol. The lowest BCUT2D eigenvalue weighted by molar-refractivity contribution is -0.138. The van der Waals surface area contributed by atoms with Gasteiger partial charge in [-0.1, -0.05) is 29.4 Å². The first-order valence-electron chi connectivity index (χ1n) is 11.8. The van der Waals surface area contributed by atoms with Crippen LogP contribution in [0.2, 0.25) is 0 Å². The van der Waals surface area contributed by atoms with Crippen molar-refractivity contribution >= 4 is 28.4 Å². The van der Waals surface area contributed by atoms with E-state index < -0.39 is 0 Å². The highest BCUT2D eigenvalue weighted by Gasteiger charge is 2.35. The lowest BCUT2D eigenvalue weighted by Gasteiger charge is -2.32. The first-order chi connectivity index (χ1) is 16.1. The van der Waals surface area contributed by atoms with Gasteiger partial charge in [-0.25, -0.2) is 0 Å². The molecule has 1 unspecified atom stereocenters. The molecule has 5 rings (SSSR count). The zero-order chi connectivity index (χ0) is 22.8. The maximum absolute atomic E-state index is 12.9. The molecular formula is C26H29N3O4. The molecule has 2 aromatic carbocycles. The summed E-state index contributed by atoms with van der Waals surface area (Å²) >= 11 is 0. The number of benzene rings is 2. The summed E-state index contributed by atoms with van der Waals surface area (Å²) in [5, 5.41) is 17.0. The second kappa shape index (κ2) is 9.35. The molecule has 0 radical (unpaired) electrons. The first kappa shape index (κ1) is 21.6. The minimum atomic E-state index is -0.321. The molecule has 1 saturated heterocycles. The van der Waals surface area contributed by atoms with Gasteiger partial charge in [0.25, 0.3) is 5.91 Å². The van der Waals surface area contributed by atoms with Crippen LogP contribution in [0.4, 0.5) is 5.69 Å². The molecule has 1 atom stereocenters. The number of carbonyl (C=O) groups excluding carboxylic acids is 2. The predicted octanol–water partition coefficient (Wildman–Crippen LogP) is 4.34. The summed E-state index contributed by atoms with van der Waals surface area (Å²) in [7, 11) is 0. The highest BCUT2D eigenvalue weighted by molar-refractivity contribution is 6.10. The van der Waals surface area contributed by atoms with Crippen molar-refractivity contribution in [3.63, 3.8) is 0 Å². The molecule has 172 valence electrons. The Labute approximate surface area is 192 Å². The maximum Gasteiger partial charge on any atom is 0.294 e. The third-order valence-corrected chi connectivity index (χ3v) is 7.18. The van der Waals surface area contributed by atoms with Gasteiger partial charge in [0.15, 0.2) is 0 Å². The standard InChI is InChI=1S/C26H29N3O4/c30-16-21-4-3-15-29(21)26(32)19-9-7-17(8-10-19)18-11-13-20(14-12-18)27-25(31)24-22-5-1-2-6-23(22)28-33-24/h1-2,5-6,11-14,17,19,21,30H,3-4,7-10,15-16H2,(H,27,31). The molecule has 1 aliphatic heterocycles. The molecule has 2 amide bonds. The Bertz CT molecular complexity index is 1130. The number of aliphatic hydroxyl groups is 1. The van der Waals surface area contributed by atoms with Gasteiger partial charge in [0.1, 0.15) is 5.52 Å². The van der Waals surface area contributed by atoms with E-state index in [1.165, 1.54) is 5.56 Å². The van der Waals surface area contributed by atoms with Crippen LogP contribution in [-0.4, -0.2) is 46.2 Å². The van der Waals surface area contributed by atoms with Gasteiger partial charge in [0.05, 0.1) is 18.0 Å². The van der Waals surface area contributed by atoms with E-state index in [4.69, 9.17) is 4.52 Å². The van der Waals surface area contributed by atoms with Crippen LogP contribution in [0.25, 0.3) is 10.9 Å². The smallest absolute Gasteiger partial charge is 0.294 e. The Morgan fingerprint density at radius 3 is 2.55 bits per heavy atom. The summed E-state index contributed by atoms with van der Waals surface area (Å²) in [5.74, 6) is 0.605. The average Bonchev–Trinajstić information content (AvgIpc) is 3.51. The quantitative estimate of drug-likeness (QED) is 0.607. The minimum absolute atomic E-state index is 0.00734. The number of fused-ring (bicyclic) bond motifs is 1. The number of nitrogens with zero attached hydrogens (tertiary/aromatic N) is 2. The van der Waals surface area contributed by atoms with Gasteiger partial charge in [0, 0.05) is 18.2 Å². The van der Waals surface area contributed by atoms with Crippen LogP contribution < -0.4 is 5.32 Å². The molecule has 33 heavy (non-hydrogen) atoms. The van der Waals surface area contributed by atoms with Gasteiger partial charge < -0.3 is 19.8 Å². The molecule has 2 heterocycles. The van der Waals surface area contributed by atoms with Crippen LogP contribution >= 0.6 is 0 Å². The zero-order valence-corrected chi connectivity index (χ0v) is 18.6. The molecule has 3 aromatic rings. The largest absolute Gasteiger partial charge is 0.394 e. The summed E-state index contributed by atoms with van der Waals surface area (Å²) < 4.78 is 5.24. The molecule has 7 heteroatoms. The Morgan fingerprint density at radius 2 is 1.79 bits per heavy atom. The molecule has 2 fully saturated rings. The molecule has 2 N–H and O–H groups in total. The van der Waals surface area contributed by atoms with E-state index in [0.29, 0.717) is 22.5 Å². The first-order valence-corrected chi connectivity index (χ1v) is 11.8. The van der Waals surface area contributed by atoms with Gasteiger partial charge in [-0.05, 0) is 74.3 Å². The average molecular weight is 448 g/mol. The van der Waals surface area contributed by atoms with Crippen molar-refractivity contribution in [2.45, 2.75) is 50.5 Å². The van der Waals surface area contributed by atoms with E-state index in [2.05, 4.69) is 22.6 Å². The van der Waals surface area contributed by atoms with Crippen molar-refractivity contribution < 1.29 is 19.2 Å². The normalized spacial score (nSPS) is 23.1. The SMILES string of the molecule is O=C(Nc1ccc(C2CCC(C(=O)N3CCCC3CO)CC2)cc1)c1onc2ccccc12. The van der Waals surface area contributed by atoms with Crippen molar-refractivity contribution in [1.82, 2.24) is 10.1 Å². The lowest BCUT2D eigenvalue weighted by Crippen LogP contribution is -2.42. The molecule has 7 nitrogen and oxygen atoms in total. The third-order valence-electron chi connectivity index (χ3n) is 7.18. The van der Waals surface area contributed by atoms with Crippen molar-refractivity contribution in [2.75, 3.05) is 18.5 Å². The Hall–Kier alpha value is -3.19. The summed E-state index contributed by atoms with van der Waals surface area (Å²) in [6, 6.07) is 15.3. The molecule has 0 spiro atoms. The van der Waals surface area contributed by atoms with E-state index in [9.17, 15) is 14.7 Å². The van der Waals surface area contributed by atoms with Crippen LogP contribution in [-0.2, 0) is 4.79 Å². The van der Waals surface area contributed by atoms with Crippen LogP contribution in [0.1, 0.15) is 60.6 Å². The number of amides is 2. The van der Waals surface area contributed by atoms with Gasteiger partial charge in [-0.2, -0.15) is 0 Å². The van der Waals surface area contributed by atoms with Gasteiger partial charge in [-0.15, -0.1) is 0 Å². The van der Waals surface area contributed by atoms with E-state index in [0.717, 1.165) is 45.1 Å². The fourth-order valence-corrected chi connectivity index (χ4v) is 5.30. The molecule has 1 aliphatic carbocycles. The second-order valence-corrected chi connectivity index (χ2v) is 9.16. The third kappa shape index (κ3) is 4.37. The molecule has 1 saturated carbocycles. The van der Waals surface area contributed by atoms with Crippen molar-refractivity contribution in [3.8, 4) is 0 Å². The summed E-state index contributed by atoms with van der Waals surface area (Å²) in [6.45, 7) is 0.845. The number of rotatable bonds is 5. The monoisotopic (exact) mass is 447 g/mol. The van der Waals surface area contributed by atoms with E-state index in [1.807, 2.05) is 41.3 Å². The van der Waals surface area contributed by atoms with E-state index >= 15 is 0 Å². The van der Waals surface area contributed by atoms with Crippen LogP contribution in [0.5, 0.6) is 0 Å². The molecule has 0 bridgehead atoms. The predicted molar refractivity (Wildman–Crippen MR) is 125 cm³/mol. The van der Waals surface area contributed by atoms with Crippen molar-refractivity contribution in [3.05, 3.63) is 59.9 Å². The number of carbonyl (C=O) groups is 2. The Morgan fingerprint density at radius 1 is 1.03 bits per heavy atom. The van der Waals surface area contributed by atoms with Gasteiger partial charge in [0.2, 0.25) is 11.7 Å². The van der Waals surface area contributed by atoms with E-state index in [1.54, 1.807) is 0 Å². The van der Waals surface area contributed by atoms with Crippen LogP contribution in [0.3, 0.4) is 0 Å². The van der Waals surface area contributed by atoms with Crippen molar-refractivity contribution in [1.29, 1.82) is 0 Å². The van der Waals surface area contributed by atoms with E-state index in [-0.39, 0.29) is 36.1 Å². The number of anilines is 1. The summed E-state index contributed by atoms with van der Waals surface area (Å²) in [5.41, 5.74) is 2.60. The highest BCUT2D eigenvalue weighted by atomic mass is 16.5. The molecule has 1 aromatic heterocycles. The van der Waals surface area contributed by atoms with Crippen molar-refractivity contribution in [2.24, 2.45) is 5.92 Å². The fourth-order valence-electron chi connectivity index (χ4n) is 5.30. The molecule has 2 aliphatic rings. The second-order valence-electron chi connectivity index (χ2n) is 9.16. The highest BCUT2D eigenvalue weighted by Crippen LogP contribution is 2.37. The zero-order valence-electron chi connectivity index (χ0n) is 18.6. The number of hydrogen-bond acceptors (Lipinski definition) is 5.